The number of anilines is 1. The zero-order valence-corrected chi connectivity index (χ0v) is 50.3. The van der Waals surface area contributed by atoms with E-state index >= 15 is 0 Å². The lowest BCUT2D eigenvalue weighted by Gasteiger charge is -2.43. The molecule has 466 valence electrons. The molecule has 0 spiro atoms. The second-order valence-electron chi connectivity index (χ2n) is 22.6. The average Bonchev–Trinajstić information content (AvgIpc) is 0.867. The molecule has 4 heterocycles. The van der Waals surface area contributed by atoms with Gasteiger partial charge in [-0.15, -0.1) is 11.8 Å². The third-order valence-corrected chi connectivity index (χ3v) is 18.0. The number of alkyl carbamates (subject to hydrolysis) is 1. The van der Waals surface area contributed by atoms with Crippen molar-refractivity contribution < 1.29 is 82.2 Å². The number of unbranched alkanes of at least 4 members (excludes halogenated alkanes) is 1. The number of carbonyl (C=O) groups is 9. The lowest BCUT2D eigenvalue weighted by molar-refractivity contribution is -0.190. The van der Waals surface area contributed by atoms with Crippen molar-refractivity contribution in [2.75, 3.05) is 78.6 Å². The summed E-state index contributed by atoms with van der Waals surface area (Å²) in [6, 6.07) is 10.3. The van der Waals surface area contributed by atoms with Crippen molar-refractivity contribution in [3.05, 3.63) is 81.4 Å². The number of likely N-dealkylation sites (tertiary alicyclic amines) is 2. The van der Waals surface area contributed by atoms with Gasteiger partial charge in [-0.2, -0.15) is 0 Å². The summed E-state index contributed by atoms with van der Waals surface area (Å²) < 4.78 is 26.7. The number of aromatic hydroxyl groups is 2. The molecule has 7 amide bonds. The van der Waals surface area contributed by atoms with Crippen LogP contribution in [0.2, 0.25) is 0 Å². The number of aliphatic hydroxyl groups excluding tert-OH is 1. The highest BCUT2D eigenvalue weighted by atomic mass is 32.2. The maximum absolute atomic E-state index is 13.6. The fourth-order valence-corrected chi connectivity index (χ4v) is 13.0. The Balaban J connectivity index is 0.000000516. The average molecular weight is 1210 g/mol. The third kappa shape index (κ3) is 15.3. The number of hydrogen-bond acceptors (Lipinski definition) is 19. The minimum atomic E-state index is -0.984. The molecule has 25 heteroatoms. The summed E-state index contributed by atoms with van der Waals surface area (Å²) in [5.74, 6) is -4.82. The van der Waals surface area contributed by atoms with E-state index in [2.05, 4.69) is 33.1 Å². The number of phenolic OH excluding ortho intramolecular Hbond substituents is 2. The number of hydrogen-bond donors (Lipinski definition) is 7. The zero-order chi connectivity index (χ0) is 61.9. The number of phenols is 2. The van der Waals surface area contributed by atoms with E-state index in [-0.39, 0.29) is 139 Å². The van der Waals surface area contributed by atoms with Gasteiger partial charge in [0.25, 0.3) is 0 Å². The number of methoxy groups -OCH3 is 2. The molecule has 9 rings (SSSR count). The molecular formula is C61H79N7O17S. The molecule has 0 aromatic heterocycles. The summed E-state index contributed by atoms with van der Waals surface area (Å²) in [5, 5.41) is 42.9. The van der Waals surface area contributed by atoms with E-state index < -0.39 is 64.4 Å². The number of rotatable bonds is 21. The number of ether oxygens (including phenoxy) is 5. The molecule has 86 heavy (non-hydrogen) atoms. The van der Waals surface area contributed by atoms with Crippen molar-refractivity contribution in [3.63, 3.8) is 0 Å². The molecule has 3 aromatic rings. The molecule has 4 aliphatic heterocycles. The standard InChI is InChI=1S/C50H58N6O13S.C11H21NO4/c1-5-6-8-26(2)70-36-20-39(59)56(49(36)66)18-17-37(57)53-27(3)47(64)51-22-38(58)54-31-14-11-28(12-15-31)25-69-50(67)52-21-29-23-55(24-29)48(65)30-13-16-32-34(19-30)45(62)41-42(43(32)60)46(63)40-33(44(41)61)9-7-10-35(40)68-4;1-8-11(13)9(3-5-15-8)12-4-6-16-10(7-12)14-2/h7,9-12,14-15,26-27,29-30,36,60,62H,5-6,8,13,16-25H2,1-4H3,(H,51,64)(H,52,67)(H,53,57)(H,54,58);8-11,13H,3-7H2,1-2H3. The zero-order valence-electron chi connectivity index (χ0n) is 49.5. The fraction of sp³-hybridized carbons (Fsp3) is 0.557. The van der Waals surface area contributed by atoms with E-state index in [0.29, 0.717) is 42.9 Å². The van der Waals surface area contributed by atoms with Crippen LogP contribution in [0.3, 0.4) is 0 Å². The number of aliphatic hydroxyl groups is 1. The normalized spacial score (nSPS) is 22.6. The fourth-order valence-electron chi connectivity index (χ4n) is 11.7. The predicted octanol–water partition coefficient (Wildman–Crippen LogP) is 3.59. The lowest BCUT2D eigenvalue weighted by Crippen LogP contribution is -2.57. The molecule has 24 nitrogen and oxygen atoms in total. The van der Waals surface area contributed by atoms with E-state index in [1.54, 1.807) is 48.4 Å². The Bertz CT molecular complexity index is 3030. The topological polar surface area (TPSA) is 318 Å². The number of imide groups is 1. The van der Waals surface area contributed by atoms with Crippen molar-refractivity contribution in [2.45, 2.75) is 133 Å². The molecule has 2 aliphatic carbocycles. The Morgan fingerprint density at radius 3 is 2.30 bits per heavy atom. The van der Waals surface area contributed by atoms with Gasteiger partial charge in [0.1, 0.15) is 29.9 Å². The number of fused-ring (bicyclic) bond motifs is 3. The summed E-state index contributed by atoms with van der Waals surface area (Å²) in [7, 11) is 3.02. The smallest absolute Gasteiger partial charge is 0.407 e. The van der Waals surface area contributed by atoms with Crippen LogP contribution in [0.15, 0.2) is 42.5 Å². The number of ketones is 2. The maximum atomic E-state index is 13.6. The molecule has 8 unspecified atom stereocenters. The van der Waals surface area contributed by atoms with Gasteiger partial charge < -0.3 is 65.2 Å². The van der Waals surface area contributed by atoms with E-state index in [1.165, 1.54) is 31.9 Å². The first-order chi connectivity index (χ1) is 41.2. The van der Waals surface area contributed by atoms with Crippen molar-refractivity contribution in [3.8, 4) is 17.2 Å². The highest BCUT2D eigenvalue weighted by Crippen LogP contribution is 2.48. The summed E-state index contributed by atoms with van der Waals surface area (Å²) in [4.78, 5) is 121. The van der Waals surface area contributed by atoms with Crippen LogP contribution in [-0.2, 0) is 67.2 Å². The van der Waals surface area contributed by atoms with Crippen LogP contribution in [0.5, 0.6) is 17.2 Å². The van der Waals surface area contributed by atoms with Gasteiger partial charge in [-0.25, -0.2) is 4.79 Å². The second-order valence-corrected chi connectivity index (χ2v) is 24.2. The van der Waals surface area contributed by atoms with Crippen LogP contribution in [0.25, 0.3) is 0 Å². The number of nitrogens with zero attached hydrogens (tertiary/aromatic N) is 3. The lowest BCUT2D eigenvalue weighted by atomic mass is 9.75. The molecule has 0 bridgehead atoms. The van der Waals surface area contributed by atoms with Gasteiger partial charge in [0, 0.05) is 111 Å². The van der Waals surface area contributed by atoms with Gasteiger partial charge in [0.15, 0.2) is 12.1 Å². The van der Waals surface area contributed by atoms with Crippen LogP contribution < -0.4 is 26.0 Å². The van der Waals surface area contributed by atoms with Crippen LogP contribution in [0, 0.1) is 11.8 Å². The quantitative estimate of drug-likeness (QED) is 0.0463. The molecule has 4 saturated heterocycles. The second kappa shape index (κ2) is 29.5. The summed E-state index contributed by atoms with van der Waals surface area (Å²) in [6.07, 6.45) is 3.18. The molecular weight excluding hydrogens is 1130 g/mol. The third-order valence-electron chi connectivity index (χ3n) is 16.6. The van der Waals surface area contributed by atoms with Gasteiger partial charge in [-0.1, -0.05) is 51.0 Å². The Labute approximate surface area is 503 Å². The minimum absolute atomic E-state index is 0.0234. The van der Waals surface area contributed by atoms with Crippen LogP contribution in [0.4, 0.5) is 10.5 Å². The van der Waals surface area contributed by atoms with Crippen molar-refractivity contribution in [2.24, 2.45) is 11.8 Å². The van der Waals surface area contributed by atoms with Gasteiger partial charge in [0.05, 0.1) is 54.4 Å². The number of benzene rings is 3. The SMILES string of the molecule is CCCCC(C)SC1CC(=O)N(CCC(=O)NC(C)C(=O)NCC(=O)Nc2ccc(COC(=O)NCC3CN(C(=O)C4CCc5c(O)c6c(c(O)c5C4)C(=O)c4cccc(OC)c4C6=O)C3)cc2)C1=O.COC1CN(C2CCOC(C)C2O)CCO1. The molecule has 4 fully saturated rings. The first-order valence-electron chi connectivity index (χ1n) is 29.4. The number of morpholine rings is 1. The summed E-state index contributed by atoms with van der Waals surface area (Å²) in [6.45, 7) is 11.0. The summed E-state index contributed by atoms with van der Waals surface area (Å²) >= 11 is 1.49. The molecule has 0 radical (unpaired) electrons. The molecule has 7 N–H and O–H groups in total. The minimum Gasteiger partial charge on any atom is -0.507 e. The van der Waals surface area contributed by atoms with Gasteiger partial charge in [0.2, 0.25) is 41.2 Å². The number of thioether (sulfide) groups is 1. The number of nitrogens with one attached hydrogen (secondary N) is 4. The van der Waals surface area contributed by atoms with Gasteiger partial charge >= 0.3 is 6.09 Å². The number of amides is 7. The predicted molar refractivity (Wildman–Crippen MR) is 314 cm³/mol. The van der Waals surface area contributed by atoms with Gasteiger partial charge in [-0.05, 0) is 69.7 Å². The molecule has 0 saturated carbocycles. The maximum Gasteiger partial charge on any atom is 0.407 e. The highest BCUT2D eigenvalue weighted by Gasteiger charge is 2.44. The Morgan fingerprint density at radius 1 is 0.849 bits per heavy atom. The van der Waals surface area contributed by atoms with Crippen molar-refractivity contribution in [1.29, 1.82) is 0 Å². The van der Waals surface area contributed by atoms with E-state index in [1.807, 2.05) is 13.8 Å². The summed E-state index contributed by atoms with van der Waals surface area (Å²) in [5.41, 5.74) is 1.20. The highest BCUT2D eigenvalue weighted by molar-refractivity contribution is 8.01. The molecule has 8 atom stereocenters. The van der Waals surface area contributed by atoms with Crippen LogP contribution >= 0.6 is 11.8 Å². The van der Waals surface area contributed by atoms with Gasteiger partial charge in [-0.3, -0.25) is 48.2 Å². The Kier molecular flexibility index (Phi) is 22.2. The Hall–Kier alpha value is -7.16. The van der Waals surface area contributed by atoms with Crippen molar-refractivity contribution >= 4 is 70.6 Å². The molecule has 3 aromatic carbocycles. The number of carbonyl (C=O) groups excluding carboxylic acids is 9. The Morgan fingerprint density at radius 2 is 1.58 bits per heavy atom. The van der Waals surface area contributed by atoms with E-state index in [9.17, 15) is 58.5 Å². The van der Waals surface area contributed by atoms with Crippen molar-refractivity contribution in [1.82, 2.24) is 30.7 Å². The molecule has 6 aliphatic rings. The van der Waals surface area contributed by atoms with E-state index in [0.717, 1.165) is 50.3 Å². The first-order valence-corrected chi connectivity index (χ1v) is 30.3. The van der Waals surface area contributed by atoms with Crippen LogP contribution in [0.1, 0.15) is 121 Å². The largest absolute Gasteiger partial charge is 0.507 e. The monoisotopic (exact) mass is 1210 g/mol. The van der Waals surface area contributed by atoms with E-state index in [4.69, 9.17) is 23.7 Å². The van der Waals surface area contributed by atoms with Crippen LogP contribution in [-0.4, -0.2) is 197 Å². The first kappa shape index (κ1) is 64.8.